The Morgan fingerprint density at radius 1 is 1.07 bits per heavy atom. The molecule has 40 heavy (non-hydrogen) atoms. The number of carbonyl (C=O) groups excluding carboxylic acids is 2. The van der Waals surface area contributed by atoms with Crippen molar-refractivity contribution in [1.82, 2.24) is 25.0 Å². The van der Waals surface area contributed by atoms with Gasteiger partial charge in [0, 0.05) is 63.1 Å². The molecule has 0 bridgehead atoms. The third-order valence-corrected chi connectivity index (χ3v) is 8.74. The Morgan fingerprint density at radius 3 is 2.42 bits per heavy atom. The van der Waals surface area contributed by atoms with Crippen LogP contribution in [0.1, 0.15) is 79.2 Å². The highest BCUT2D eigenvalue weighted by molar-refractivity contribution is 6.33. The predicted molar refractivity (Wildman–Crippen MR) is 145 cm³/mol. The predicted octanol–water partition coefficient (Wildman–Crippen LogP) is 4.88. The molecule has 2 aromatic rings. The highest BCUT2D eigenvalue weighted by Gasteiger charge is 2.33. The first-order chi connectivity index (χ1) is 19.1. The molecule has 218 valence electrons. The van der Waals surface area contributed by atoms with Crippen molar-refractivity contribution in [3.05, 3.63) is 39.8 Å². The van der Waals surface area contributed by atoms with E-state index >= 15 is 0 Å². The summed E-state index contributed by atoms with van der Waals surface area (Å²) in [6.07, 6.45) is 4.52. The maximum atomic E-state index is 13.5. The minimum absolute atomic E-state index is 0.00703. The van der Waals surface area contributed by atoms with Crippen LogP contribution in [-0.2, 0) is 30.4 Å². The average molecular weight is 581 g/mol. The average Bonchev–Trinajstić information content (AvgIpc) is 3.30. The van der Waals surface area contributed by atoms with Gasteiger partial charge in [0.25, 0.3) is 5.91 Å². The Balaban J connectivity index is 1.18. The summed E-state index contributed by atoms with van der Waals surface area (Å²) in [7, 11) is 0. The number of carbonyl (C=O) groups is 2. The molecule has 0 unspecified atom stereocenters. The third kappa shape index (κ3) is 6.39. The van der Waals surface area contributed by atoms with Gasteiger partial charge in [0.1, 0.15) is 5.82 Å². The maximum absolute atomic E-state index is 13.5. The van der Waals surface area contributed by atoms with Crippen LogP contribution in [0.3, 0.4) is 0 Å². The topological polar surface area (TPSA) is 83.4 Å². The molecule has 2 amide bonds. The van der Waals surface area contributed by atoms with Crippen LogP contribution in [0.15, 0.2) is 12.3 Å². The van der Waals surface area contributed by atoms with Crippen LogP contribution < -0.4 is 10.2 Å². The van der Waals surface area contributed by atoms with Crippen molar-refractivity contribution in [2.75, 3.05) is 31.1 Å². The van der Waals surface area contributed by atoms with E-state index in [1.54, 1.807) is 0 Å². The van der Waals surface area contributed by atoms with Gasteiger partial charge in [-0.05, 0) is 69.8 Å². The molecule has 12 heteroatoms. The first-order valence-electron chi connectivity index (χ1n) is 14.2. The molecule has 8 nitrogen and oxygen atoms in total. The van der Waals surface area contributed by atoms with Crippen molar-refractivity contribution in [1.29, 1.82) is 0 Å². The second kappa shape index (κ2) is 12.0. The van der Waals surface area contributed by atoms with Crippen LogP contribution >= 0.6 is 11.6 Å². The maximum Gasteiger partial charge on any atom is 0.417 e. The van der Waals surface area contributed by atoms with Gasteiger partial charge in [-0.2, -0.15) is 18.3 Å². The van der Waals surface area contributed by atoms with Crippen molar-refractivity contribution in [2.24, 2.45) is 5.92 Å². The lowest BCUT2D eigenvalue weighted by Crippen LogP contribution is -2.46. The molecule has 5 rings (SSSR count). The number of nitrogens with zero attached hydrogens (tertiary/aromatic N) is 5. The summed E-state index contributed by atoms with van der Waals surface area (Å²) in [6.45, 7) is 4.84. The summed E-state index contributed by atoms with van der Waals surface area (Å²) in [4.78, 5) is 32.7. The molecular formula is C28H36ClF3N6O2. The van der Waals surface area contributed by atoms with Gasteiger partial charge in [0.15, 0.2) is 5.69 Å². The van der Waals surface area contributed by atoms with E-state index in [0.29, 0.717) is 43.6 Å². The number of piperidine rings is 2. The van der Waals surface area contributed by atoms with Gasteiger partial charge in [-0.3, -0.25) is 14.3 Å². The number of nitrogens with one attached hydrogen (secondary N) is 1. The SMILES string of the molecule is CC(=O)NC1CCN(C(=O)c2nn(CCC3CCN(c4ncc(C(F)(F)F)cc4Cl)CC3)c3c2CCCC3)CC1. The smallest absolute Gasteiger partial charge is 0.355 e. The van der Waals surface area contributed by atoms with Crippen LogP contribution in [0.25, 0.3) is 0 Å². The molecular weight excluding hydrogens is 545 g/mol. The quantitative estimate of drug-likeness (QED) is 0.527. The lowest BCUT2D eigenvalue weighted by molar-refractivity contribution is -0.137. The van der Waals surface area contributed by atoms with Crippen LogP contribution in [0, 0.1) is 5.92 Å². The van der Waals surface area contributed by atoms with E-state index in [0.717, 1.165) is 82.2 Å². The van der Waals surface area contributed by atoms with Gasteiger partial charge in [-0.1, -0.05) is 11.6 Å². The van der Waals surface area contributed by atoms with E-state index < -0.39 is 11.7 Å². The number of hydrogen-bond donors (Lipinski definition) is 1. The number of hydrogen-bond acceptors (Lipinski definition) is 5. The molecule has 0 saturated carbocycles. The number of likely N-dealkylation sites (tertiary alicyclic amines) is 1. The number of rotatable bonds is 6. The monoisotopic (exact) mass is 580 g/mol. The number of halogens is 4. The fourth-order valence-electron chi connectivity index (χ4n) is 6.25. The summed E-state index contributed by atoms with van der Waals surface area (Å²) in [6, 6.07) is 1.06. The largest absolute Gasteiger partial charge is 0.417 e. The van der Waals surface area contributed by atoms with Crippen molar-refractivity contribution in [3.8, 4) is 0 Å². The number of anilines is 1. The summed E-state index contributed by atoms with van der Waals surface area (Å²) in [5.41, 5.74) is 2.02. The zero-order valence-electron chi connectivity index (χ0n) is 22.8. The van der Waals surface area contributed by atoms with Gasteiger partial charge >= 0.3 is 6.18 Å². The molecule has 2 aliphatic heterocycles. The van der Waals surface area contributed by atoms with Crippen LogP contribution in [0.4, 0.5) is 19.0 Å². The second-order valence-corrected chi connectivity index (χ2v) is 11.6. The van der Waals surface area contributed by atoms with Crippen LogP contribution in [0.5, 0.6) is 0 Å². The molecule has 0 spiro atoms. The molecule has 0 radical (unpaired) electrons. The number of aryl methyl sites for hydroxylation is 1. The molecule has 1 N–H and O–H groups in total. The third-order valence-electron chi connectivity index (χ3n) is 8.46. The fraction of sp³-hybridized carbons (Fsp3) is 0.643. The van der Waals surface area contributed by atoms with Crippen molar-refractivity contribution < 1.29 is 22.8 Å². The minimum atomic E-state index is -4.47. The summed E-state index contributed by atoms with van der Waals surface area (Å²) in [5.74, 6) is 0.800. The molecule has 1 aliphatic carbocycles. The van der Waals surface area contributed by atoms with Crippen LogP contribution in [0.2, 0.25) is 5.02 Å². The minimum Gasteiger partial charge on any atom is -0.355 e. The van der Waals surface area contributed by atoms with Crippen molar-refractivity contribution in [2.45, 2.75) is 83.5 Å². The zero-order chi connectivity index (χ0) is 28.4. The molecule has 0 atom stereocenters. The number of alkyl halides is 3. The standard InChI is InChI=1S/C28H36ClF3N6O2/c1-18(39)34-21-9-13-37(14-10-21)27(40)25-22-4-2-3-5-24(22)38(35-25)15-8-19-6-11-36(12-7-19)26-23(29)16-20(17-33-26)28(30,31)32/h16-17,19,21H,2-15H2,1H3,(H,34,39). The molecule has 3 aliphatic rings. The normalized spacial score (nSPS) is 19.0. The van der Waals surface area contributed by atoms with Gasteiger partial charge in [-0.15, -0.1) is 0 Å². The van der Waals surface area contributed by atoms with Crippen molar-refractivity contribution >= 4 is 29.2 Å². The highest BCUT2D eigenvalue weighted by Crippen LogP contribution is 2.35. The van der Waals surface area contributed by atoms with Gasteiger partial charge in [0.05, 0.1) is 10.6 Å². The van der Waals surface area contributed by atoms with Gasteiger partial charge in [0.2, 0.25) is 5.91 Å². The van der Waals surface area contributed by atoms with E-state index in [2.05, 4.69) is 10.3 Å². The Bertz CT molecular complexity index is 1230. The van der Waals surface area contributed by atoms with Crippen molar-refractivity contribution in [3.63, 3.8) is 0 Å². The van der Waals surface area contributed by atoms with Gasteiger partial charge < -0.3 is 15.1 Å². The molecule has 2 saturated heterocycles. The van der Waals surface area contributed by atoms with E-state index in [9.17, 15) is 22.8 Å². The molecule has 4 heterocycles. The zero-order valence-corrected chi connectivity index (χ0v) is 23.5. The highest BCUT2D eigenvalue weighted by atomic mass is 35.5. The number of fused-ring (bicyclic) bond motifs is 1. The summed E-state index contributed by atoms with van der Waals surface area (Å²) >= 11 is 6.16. The van der Waals surface area contributed by atoms with E-state index in [1.165, 1.54) is 12.6 Å². The Morgan fingerprint density at radius 2 is 1.77 bits per heavy atom. The summed E-state index contributed by atoms with van der Waals surface area (Å²) < 4.78 is 40.9. The Labute approximate surface area is 237 Å². The van der Waals surface area contributed by atoms with Crippen LogP contribution in [-0.4, -0.2) is 63.7 Å². The number of amides is 2. The lowest BCUT2D eigenvalue weighted by atomic mass is 9.93. The first kappa shape index (κ1) is 28.7. The number of aromatic nitrogens is 3. The second-order valence-electron chi connectivity index (χ2n) is 11.2. The first-order valence-corrected chi connectivity index (χ1v) is 14.6. The summed E-state index contributed by atoms with van der Waals surface area (Å²) in [5, 5.41) is 7.82. The molecule has 2 aromatic heterocycles. The van der Waals surface area contributed by atoms with E-state index in [-0.39, 0.29) is 22.9 Å². The van der Waals surface area contributed by atoms with E-state index in [4.69, 9.17) is 16.7 Å². The lowest BCUT2D eigenvalue weighted by Gasteiger charge is -2.33. The molecule has 0 aromatic carbocycles. The fourth-order valence-corrected chi connectivity index (χ4v) is 6.53. The Kier molecular flexibility index (Phi) is 8.58. The van der Waals surface area contributed by atoms with Gasteiger partial charge in [-0.25, -0.2) is 4.98 Å². The van der Waals surface area contributed by atoms with E-state index in [1.807, 2.05) is 14.5 Å². The number of pyridine rings is 1. The Hall–Kier alpha value is -2.82. The molecule has 2 fully saturated rings.